The number of carbonyl (C=O) groups excluding carboxylic acids is 3. The Morgan fingerprint density at radius 3 is 2.63 bits per heavy atom. The highest BCUT2D eigenvalue weighted by atomic mass is 32.2. The van der Waals surface area contributed by atoms with Crippen LogP contribution in [0.1, 0.15) is 47.0 Å². The minimum Gasteiger partial charge on any atom is -0.395 e. The van der Waals surface area contributed by atoms with Crippen LogP contribution < -0.4 is 10.6 Å². The van der Waals surface area contributed by atoms with Gasteiger partial charge in [0.25, 0.3) is 0 Å². The summed E-state index contributed by atoms with van der Waals surface area (Å²) in [5.41, 5.74) is -0.418. The summed E-state index contributed by atoms with van der Waals surface area (Å²) < 4.78 is -0.569. The van der Waals surface area contributed by atoms with E-state index >= 15 is 0 Å². The average Bonchev–Trinajstić information content (AvgIpc) is 3.19. The number of thioether (sulfide) groups is 1. The van der Waals surface area contributed by atoms with Crippen LogP contribution in [0, 0.1) is 11.8 Å². The van der Waals surface area contributed by atoms with Crippen LogP contribution in [0.25, 0.3) is 0 Å². The summed E-state index contributed by atoms with van der Waals surface area (Å²) in [6.45, 7) is 8.24. The van der Waals surface area contributed by atoms with Crippen LogP contribution >= 0.6 is 11.8 Å². The molecule has 3 aliphatic heterocycles. The van der Waals surface area contributed by atoms with Crippen molar-refractivity contribution in [3.8, 4) is 0 Å². The Morgan fingerprint density at radius 1 is 1.33 bits per heavy atom. The van der Waals surface area contributed by atoms with Crippen molar-refractivity contribution in [1.29, 1.82) is 0 Å². The Bertz CT molecular complexity index is 635. The average molecular weight is 398 g/mol. The predicted molar refractivity (Wildman–Crippen MR) is 104 cm³/mol. The summed E-state index contributed by atoms with van der Waals surface area (Å²) in [6.07, 6.45) is 2.43. The smallest absolute Gasteiger partial charge is 0.244 e. The van der Waals surface area contributed by atoms with Crippen LogP contribution in [0.2, 0.25) is 0 Å². The van der Waals surface area contributed by atoms with Gasteiger partial charge in [0, 0.05) is 23.9 Å². The zero-order chi connectivity index (χ0) is 20.0. The minimum absolute atomic E-state index is 0.0740. The van der Waals surface area contributed by atoms with Gasteiger partial charge in [0.15, 0.2) is 0 Å². The molecule has 2 unspecified atom stereocenters. The van der Waals surface area contributed by atoms with E-state index in [-0.39, 0.29) is 36.1 Å². The summed E-state index contributed by atoms with van der Waals surface area (Å²) in [7, 11) is 0. The molecule has 8 heteroatoms. The molecule has 3 amide bonds. The number of nitrogens with one attached hydrogen (secondary N) is 2. The molecule has 3 fully saturated rings. The van der Waals surface area contributed by atoms with Crippen molar-refractivity contribution in [2.75, 3.05) is 19.7 Å². The topological polar surface area (TPSA) is 98.7 Å². The molecule has 1 spiro atoms. The molecule has 0 radical (unpaired) electrons. The van der Waals surface area contributed by atoms with E-state index in [9.17, 15) is 19.5 Å². The number of aliphatic hydroxyl groups is 1. The SMILES string of the molecule is CCCNC(=O)[C@@H]1[C@@H]2CCC3(S2)C(C(=O)NC(C)(C)C)N(CCO)C(=O)[C@H]13. The molecule has 3 heterocycles. The zero-order valence-corrected chi connectivity index (χ0v) is 17.4. The summed E-state index contributed by atoms with van der Waals surface area (Å²) >= 11 is 1.65. The second kappa shape index (κ2) is 7.28. The number of β-amino-alcohol motifs (C(OH)–C–C–N with tert-alkyl or cyclic N) is 1. The zero-order valence-electron chi connectivity index (χ0n) is 16.6. The number of hydrogen-bond acceptors (Lipinski definition) is 5. The number of carbonyl (C=O) groups is 3. The van der Waals surface area contributed by atoms with Gasteiger partial charge >= 0.3 is 0 Å². The standard InChI is InChI=1S/C19H31N3O4S/c1-5-8-20-15(24)12-11-6-7-19(27-11)13(12)17(26)22(9-10-23)14(19)16(25)21-18(2,3)4/h11-14,23H,5-10H2,1-4H3,(H,20,24)(H,21,25)/t11-,12+,13-,14?,19?/m0/s1. The lowest BCUT2D eigenvalue weighted by Crippen LogP contribution is -2.57. The van der Waals surface area contributed by atoms with Gasteiger partial charge in [0.1, 0.15) is 6.04 Å². The first-order chi connectivity index (χ1) is 12.7. The Hall–Kier alpha value is -1.28. The molecule has 0 aromatic rings. The van der Waals surface area contributed by atoms with Crippen molar-refractivity contribution in [2.24, 2.45) is 11.8 Å². The van der Waals surface area contributed by atoms with E-state index in [4.69, 9.17) is 0 Å². The van der Waals surface area contributed by atoms with Crippen molar-refractivity contribution < 1.29 is 19.5 Å². The highest BCUT2D eigenvalue weighted by Crippen LogP contribution is 2.66. The highest BCUT2D eigenvalue weighted by Gasteiger charge is 2.73. The number of amides is 3. The van der Waals surface area contributed by atoms with Crippen LogP contribution in [-0.4, -0.2) is 69.0 Å². The highest BCUT2D eigenvalue weighted by molar-refractivity contribution is 8.02. The fourth-order valence-electron chi connectivity index (χ4n) is 4.91. The summed E-state index contributed by atoms with van der Waals surface area (Å²) in [6, 6.07) is -0.639. The molecule has 2 bridgehead atoms. The summed E-state index contributed by atoms with van der Waals surface area (Å²) in [5, 5.41) is 15.5. The molecular weight excluding hydrogens is 366 g/mol. The lowest BCUT2D eigenvalue weighted by molar-refractivity contribution is -0.140. The molecule has 152 valence electrons. The van der Waals surface area contributed by atoms with Gasteiger partial charge in [-0.15, -0.1) is 11.8 Å². The molecule has 0 aliphatic carbocycles. The normalized spacial score (nSPS) is 34.7. The largest absolute Gasteiger partial charge is 0.395 e. The van der Waals surface area contributed by atoms with Gasteiger partial charge in [-0.05, 0) is 40.0 Å². The lowest BCUT2D eigenvalue weighted by Gasteiger charge is -2.36. The van der Waals surface area contributed by atoms with E-state index in [2.05, 4.69) is 10.6 Å². The monoisotopic (exact) mass is 397 g/mol. The summed E-state index contributed by atoms with van der Waals surface area (Å²) in [5.74, 6) is -1.30. The second-order valence-electron chi connectivity index (χ2n) is 8.84. The van der Waals surface area contributed by atoms with Crippen molar-refractivity contribution in [3.63, 3.8) is 0 Å². The first kappa shape index (κ1) is 20.5. The maximum atomic E-state index is 13.3. The van der Waals surface area contributed by atoms with Crippen molar-refractivity contribution >= 4 is 29.5 Å². The number of rotatable bonds is 6. The number of fused-ring (bicyclic) bond motifs is 1. The molecular formula is C19H31N3O4S. The van der Waals surface area contributed by atoms with Crippen LogP contribution in [0.15, 0.2) is 0 Å². The maximum Gasteiger partial charge on any atom is 0.244 e. The van der Waals surface area contributed by atoms with E-state index in [0.717, 1.165) is 19.3 Å². The molecule has 27 heavy (non-hydrogen) atoms. The fraction of sp³-hybridized carbons (Fsp3) is 0.842. The molecule has 0 aromatic carbocycles. The summed E-state index contributed by atoms with van der Waals surface area (Å²) in [4.78, 5) is 40.8. The third-order valence-corrected chi connectivity index (χ3v) is 7.69. The second-order valence-corrected chi connectivity index (χ2v) is 10.4. The number of aliphatic hydroxyl groups excluding tert-OH is 1. The number of hydrogen-bond donors (Lipinski definition) is 3. The Labute approximate surface area is 165 Å². The van der Waals surface area contributed by atoms with Gasteiger partial charge in [-0.1, -0.05) is 6.92 Å². The first-order valence-electron chi connectivity index (χ1n) is 9.85. The lowest BCUT2D eigenvalue weighted by atomic mass is 9.70. The minimum atomic E-state index is -0.639. The number of nitrogens with zero attached hydrogens (tertiary/aromatic N) is 1. The Morgan fingerprint density at radius 2 is 2.04 bits per heavy atom. The van der Waals surface area contributed by atoms with Crippen molar-refractivity contribution in [3.05, 3.63) is 0 Å². The molecule has 3 N–H and O–H groups in total. The van der Waals surface area contributed by atoms with Gasteiger partial charge < -0.3 is 20.6 Å². The predicted octanol–water partition coefficient (Wildman–Crippen LogP) is 0.511. The molecule has 3 rings (SSSR count). The molecule has 0 aromatic heterocycles. The Kier molecular flexibility index (Phi) is 5.51. The van der Waals surface area contributed by atoms with Crippen LogP contribution in [0.3, 0.4) is 0 Å². The van der Waals surface area contributed by atoms with Gasteiger partial charge in [-0.25, -0.2) is 0 Å². The van der Waals surface area contributed by atoms with E-state index in [1.54, 1.807) is 11.8 Å². The van der Waals surface area contributed by atoms with Crippen LogP contribution in [0.4, 0.5) is 0 Å². The van der Waals surface area contributed by atoms with E-state index in [1.807, 2.05) is 27.7 Å². The Balaban J connectivity index is 1.95. The van der Waals surface area contributed by atoms with Crippen molar-refractivity contribution in [1.82, 2.24) is 15.5 Å². The van der Waals surface area contributed by atoms with Crippen LogP contribution in [0.5, 0.6) is 0 Å². The third kappa shape index (κ3) is 3.35. The molecule has 3 aliphatic rings. The van der Waals surface area contributed by atoms with E-state index in [1.165, 1.54) is 4.90 Å². The molecule has 0 saturated carbocycles. The van der Waals surface area contributed by atoms with Crippen molar-refractivity contribution in [2.45, 2.75) is 68.5 Å². The molecule has 7 nitrogen and oxygen atoms in total. The number of likely N-dealkylation sites (tertiary alicyclic amines) is 1. The van der Waals surface area contributed by atoms with Gasteiger partial charge in [0.05, 0.1) is 23.2 Å². The van der Waals surface area contributed by atoms with Gasteiger partial charge in [-0.2, -0.15) is 0 Å². The first-order valence-corrected chi connectivity index (χ1v) is 10.7. The molecule has 5 atom stereocenters. The molecule has 3 saturated heterocycles. The third-order valence-electron chi connectivity index (χ3n) is 5.74. The van der Waals surface area contributed by atoms with Gasteiger partial charge in [0.2, 0.25) is 17.7 Å². The van der Waals surface area contributed by atoms with E-state index in [0.29, 0.717) is 6.54 Å². The maximum absolute atomic E-state index is 13.3. The van der Waals surface area contributed by atoms with E-state index < -0.39 is 28.2 Å². The van der Waals surface area contributed by atoms with Gasteiger partial charge in [-0.3, -0.25) is 14.4 Å². The van der Waals surface area contributed by atoms with Crippen LogP contribution in [-0.2, 0) is 14.4 Å². The quantitative estimate of drug-likeness (QED) is 0.607. The fourth-order valence-corrected chi connectivity index (χ4v) is 7.13.